The van der Waals surface area contributed by atoms with Gasteiger partial charge in [0.05, 0.1) is 16.1 Å². The number of amides is 1. The number of hydrogen-bond donors (Lipinski definition) is 1. The summed E-state index contributed by atoms with van der Waals surface area (Å²) in [6, 6.07) is 22.1. The summed E-state index contributed by atoms with van der Waals surface area (Å²) >= 11 is 6.15. The number of hydrogen-bond acceptors (Lipinski definition) is 3. The second kappa shape index (κ2) is 8.09. The number of rotatable bonds is 4. The molecule has 0 spiro atoms. The van der Waals surface area contributed by atoms with Gasteiger partial charge in [0.25, 0.3) is 5.91 Å². The molecule has 30 heavy (non-hydrogen) atoms. The number of halogens is 1. The van der Waals surface area contributed by atoms with Crippen molar-refractivity contribution >= 4 is 39.9 Å². The molecule has 1 heterocycles. The first-order valence-corrected chi connectivity index (χ1v) is 9.90. The molecule has 1 amide bonds. The standard InChI is InChI=1S/C25H19ClN2O2/c1-15-23(16(2)29)24(17-8-4-3-5-9-17)20-14-18(12-13-22(20)27-15)28-25(30)19-10-6-7-11-21(19)26/h3-14H,1-2H3,(H,28,30). The Morgan fingerprint density at radius 3 is 2.33 bits per heavy atom. The topological polar surface area (TPSA) is 59.1 Å². The molecule has 4 rings (SSSR count). The Morgan fingerprint density at radius 2 is 1.63 bits per heavy atom. The Bertz CT molecular complexity index is 1280. The molecule has 5 heteroatoms. The summed E-state index contributed by atoms with van der Waals surface area (Å²) in [5.74, 6) is -0.348. The van der Waals surface area contributed by atoms with Crippen molar-refractivity contribution in [3.8, 4) is 11.1 Å². The van der Waals surface area contributed by atoms with Crippen LogP contribution in [0.1, 0.15) is 33.3 Å². The molecule has 0 bridgehead atoms. The van der Waals surface area contributed by atoms with Crippen molar-refractivity contribution in [1.29, 1.82) is 0 Å². The van der Waals surface area contributed by atoms with Crippen LogP contribution in [0.4, 0.5) is 5.69 Å². The molecule has 0 fully saturated rings. The third-order valence-corrected chi connectivity index (χ3v) is 5.29. The first kappa shape index (κ1) is 19.8. The van der Waals surface area contributed by atoms with Gasteiger partial charge in [-0.3, -0.25) is 14.6 Å². The van der Waals surface area contributed by atoms with E-state index in [9.17, 15) is 9.59 Å². The number of ketones is 1. The van der Waals surface area contributed by atoms with Crippen LogP contribution in [0.25, 0.3) is 22.0 Å². The van der Waals surface area contributed by atoms with Crippen molar-refractivity contribution < 1.29 is 9.59 Å². The van der Waals surface area contributed by atoms with Gasteiger partial charge in [0.15, 0.2) is 5.78 Å². The van der Waals surface area contributed by atoms with E-state index in [0.717, 1.165) is 22.0 Å². The summed E-state index contributed by atoms with van der Waals surface area (Å²) in [4.78, 5) is 29.8. The molecule has 0 saturated heterocycles. The van der Waals surface area contributed by atoms with Crippen molar-refractivity contribution in [3.05, 3.63) is 94.6 Å². The lowest BCUT2D eigenvalue weighted by Crippen LogP contribution is -2.12. The van der Waals surface area contributed by atoms with Crippen LogP contribution in [-0.4, -0.2) is 16.7 Å². The third-order valence-electron chi connectivity index (χ3n) is 4.96. The van der Waals surface area contributed by atoms with Crippen LogP contribution in [0.15, 0.2) is 72.8 Å². The molecule has 0 aliphatic heterocycles. The van der Waals surface area contributed by atoms with Crippen molar-refractivity contribution in [2.45, 2.75) is 13.8 Å². The van der Waals surface area contributed by atoms with Crippen molar-refractivity contribution in [2.75, 3.05) is 5.32 Å². The Hall–Kier alpha value is -3.50. The van der Waals surface area contributed by atoms with Crippen LogP contribution in [0.5, 0.6) is 0 Å². The van der Waals surface area contributed by atoms with Crippen molar-refractivity contribution in [3.63, 3.8) is 0 Å². The zero-order chi connectivity index (χ0) is 21.3. The lowest BCUT2D eigenvalue weighted by Gasteiger charge is -2.15. The largest absolute Gasteiger partial charge is 0.322 e. The third kappa shape index (κ3) is 3.70. The van der Waals surface area contributed by atoms with Gasteiger partial charge in [-0.2, -0.15) is 0 Å². The number of fused-ring (bicyclic) bond motifs is 1. The van der Waals surface area contributed by atoms with E-state index in [1.54, 1.807) is 37.3 Å². The number of carbonyl (C=O) groups excluding carboxylic acids is 2. The fourth-order valence-corrected chi connectivity index (χ4v) is 3.86. The highest BCUT2D eigenvalue weighted by Gasteiger charge is 2.18. The Morgan fingerprint density at radius 1 is 0.933 bits per heavy atom. The molecule has 0 saturated carbocycles. The highest BCUT2D eigenvalue weighted by Crippen LogP contribution is 2.35. The second-order valence-corrected chi connectivity index (χ2v) is 7.44. The summed E-state index contributed by atoms with van der Waals surface area (Å²) in [6.45, 7) is 3.39. The van der Waals surface area contributed by atoms with Crippen molar-refractivity contribution in [1.82, 2.24) is 4.98 Å². The van der Waals surface area contributed by atoms with Crippen LogP contribution in [0.2, 0.25) is 5.02 Å². The number of Topliss-reactive ketones (excluding diaryl/α,β-unsaturated/α-hetero) is 1. The van der Waals surface area contributed by atoms with E-state index in [2.05, 4.69) is 10.3 Å². The molecule has 0 aliphatic rings. The van der Waals surface area contributed by atoms with Gasteiger partial charge in [0, 0.05) is 27.9 Å². The predicted molar refractivity (Wildman–Crippen MR) is 121 cm³/mol. The smallest absolute Gasteiger partial charge is 0.257 e. The Kier molecular flexibility index (Phi) is 5.34. The molecule has 1 N–H and O–H groups in total. The van der Waals surface area contributed by atoms with Gasteiger partial charge < -0.3 is 5.32 Å². The van der Waals surface area contributed by atoms with Gasteiger partial charge in [-0.15, -0.1) is 0 Å². The number of anilines is 1. The monoisotopic (exact) mass is 414 g/mol. The lowest BCUT2D eigenvalue weighted by atomic mass is 9.92. The molecule has 148 valence electrons. The number of carbonyl (C=O) groups is 2. The Labute approximate surface area is 179 Å². The maximum Gasteiger partial charge on any atom is 0.257 e. The first-order valence-electron chi connectivity index (χ1n) is 9.52. The molecule has 1 aromatic heterocycles. The lowest BCUT2D eigenvalue weighted by molar-refractivity contribution is 0.101. The van der Waals surface area contributed by atoms with Crippen LogP contribution < -0.4 is 5.32 Å². The number of nitrogens with one attached hydrogen (secondary N) is 1. The van der Waals surface area contributed by atoms with E-state index in [0.29, 0.717) is 27.5 Å². The van der Waals surface area contributed by atoms with E-state index in [1.165, 1.54) is 0 Å². The van der Waals surface area contributed by atoms with E-state index in [4.69, 9.17) is 11.6 Å². The minimum atomic E-state index is -0.298. The van der Waals surface area contributed by atoms with Gasteiger partial charge >= 0.3 is 0 Å². The summed E-state index contributed by atoms with van der Waals surface area (Å²) < 4.78 is 0. The number of aryl methyl sites for hydroxylation is 1. The molecule has 0 aliphatic carbocycles. The molecule has 0 radical (unpaired) electrons. The number of nitrogens with zero attached hydrogens (tertiary/aromatic N) is 1. The van der Waals surface area contributed by atoms with Gasteiger partial charge in [-0.25, -0.2) is 0 Å². The average molecular weight is 415 g/mol. The van der Waals surface area contributed by atoms with Gasteiger partial charge in [-0.1, -0.05) is 54.1 Å². The van der Waals surface area contributed by atoms with Gasteiger partial charge in [-0.05, 0) is 49.7 Å². The highest BCUT2D eigenvalue weighted by atomic mass is 35.5. The zero-order valence-corrected chi connectivity index (χ0v) is 17.3. The van der Waals surface area contributed by atoms with Crippen LogP contribution in [0, 0.1) is 6.92 Å². The molecule has 3 aromatic carbocycles. The zero-order valence-electron chi connectivity index (χ0n) is 16.6. The molecule has 0 atom stereocenters. The van der Waals surface area contributed by atoms with E-state index in [1.807, 2.05) is 49.4 Å². The Balaban J connectivity index is 1.88. The molecule has 4 aromatic rings. The average Bonchev–Trinajstić information content (AvgIpc) is 2.73. The number of pyridine rings is 1. The summed E-state index contributed by atoms with van der Waals surface area (Å²) in [7, 11) is 0. The first-order chi connectivity index (χ1) is 14.5. The van der Waals surface area contributed by atoms with E-state index in [-0.39, 0.29) is 11.7 Å². The minimum absolute atomic E-state index is 0.0498. The second-order valence-electron chi connectivity index (χ2n) is 7.04. The SMILES string of the molecule is CC(=O)c1c(C)nc2ccc(NC(=O)c3ccccc3Cl)cc2c1-c1ccccc1. The molecular weight excluding hydrogens is 396 g/mol. The van der Waals surface area contributed by atoms with Crippen LogP contribution in [-0.2, 0) is 0 Å². The van der Waals surface area contributed by atoms with Crippen molar-refractivity contribution in [2.24, 2.45) is 0 Å². The number of aromatic nitrogens is 1. The maximum atomic E-state index is 12.7. The molecular formula is C25H19ClN2O2. The highest BCUT2D eigenvalue weighted by molar-refractivity contribution is 6.34. The number of benzene rings is 3. The van der Waals surface area contributed by atoms with Crippen LogP contribution >= 0.6 is 11.6 Å². The summed E-state index contributed by atoms with van der Waals surface area (Å²) in [5.41, 5.74) is 4.77. The van der Waals surface area contributed by atoms with E-state index >= 15 is 0 Å². The quantitative estimate of drug-likeness (QED) is 0.397. The fourth-order valence-electron chi connectivity index (χ4n) is 3.64. The summed E-state index contributed by atoms with van der Waals surface area (Å²) in [5, 5.41) is 4.08. The maximum absolute atomic E-state index is 12.7. The van der Waals surface area contributed by atoms with E-state index < -0.39 is 0 Å². The van der Waals surface area contributed by atoms with Gasteiger partial charge in [0.1, 0.15) is 0 Å². The fraction of sp³-hybridized carbons (Fsp3) is 0.0800. The van der Waals surface area contributed by atoms with Crippen LogP contribution in [0.3, 0.4) is 0 Å². The molecule has 0 unspecified atom stereocenters. The summed E-state index contributed by atoms with van der Waals surface area (Å²) in [6.07, 6.45) is 0. The van der Waals surface area contributed by atoms with Gasteiger partial charge in [0.2, 0.25) is 0 Å². The minimum Gasteiger partial charge on any atom is -0.322 e. The predicted octanol–water partition coefficient (Wildman–Crippen LogP) is 6.32. The normalized spacial score (nSPS) is 10.8. The molecule has 4 nitrogen and oxygen atoms in total.